The van der Waals surface area contributed by atoms with E-state index in [4.69, 9.17) is 0 Å². The lowest BCUT2D eigenvalue weighted by atomic mass is 9.90. The number of hydrogen-bond donors (Lipinski definition) is 1. The fourth-order valence-electron chi connectivity index (χ4n) is 4.43. The second-order valence-electron chi connectivity index (χ2n) is 6.95. The quantitative estimate of drug-likeness (QED) is 0.926. The molecule has 0 unspecified atom stereocenters. The summed E-state index contributed by atoms with van der Waals surface area (Å²) < 4.78 is 0. The highest BCUT2D eigenvalue weighted by atomic mass is 16.2. The summed E-state index contributed by atoms with van der Waals surface area (Å²) in [5.41, 5.74) is 3.15. The van der Waals surface area contributed by atoms with Gasteiger partial charge in [-0.2, -0.15) is 0 Å². The van der Waals surface area contributed by atoms with E-state index in [-0.39, 0.29) is 5.91 Å². The minimum atomic E-state index is 0.174. The lowest BCUT2D eigenvalue weighted by Gasteiger charge is -2.27. The monoisotopic (exact) mass is 309 g/mol. The largest absolute Gasteiger partial charge is 0.365 e. The molecule has 2 saturated heterocycles. The molecular formula is C19H23N3O. The number of hydrogen-bond acceptors (Lipinski definition) is 2. The third-order valence-corrected chi connectivity index (χ3v) is 5.51. The second kappa shape index (κ2) is 5.53. The number of amides is 1. The number of aryl methyl sites for hydroxylation is 1. The molecule has 0 radical (unpaired) electrons. The van der Waals surface area contributed by atoms with E-state index in [1.807, 2.05) is 19.2 Å². The molecule has 0 bridgehead atoms. The maximum absolute atomic E-state index is 12.8. The Morgan fingerprint density at radius 2 is 1.91 bits per heavy atom. The van der Waals surface area contributed by atoms with Crippen LogP contribution < -0.4 is 0 Å². The Hall–Kier alpha value is -2.07. The number of rotatable bonds is 2. The third-order valence-electron chi connectivity index (χ3n) is 5.51. The van der Waals surface area contributed by atoms with Crippen LogP contribution in [0.3, 0.4) is 0 Å². The minimum absolute atomic E-state index is 0.174. The molecule has 2 fully saturated rings. The molecule has 2 aliphatic heterocycles. The lowest BCUT2D eigenvalue weighted by molar-refractivity contribution is 0.0767. The number of carbonyl (C=O) groups is 1. The molecule has 1 aromatic carbocycles. The summed E-state index contributed by atoms with van der Waals surface area (Å²) in [5.74, 6) is 1.28. The van der Waals surface area contributed by atoms with Crippen molar-refractivity contribution in [3.05, 3.63) is 59.4 Å². The molecule has 2 aromatic rings. The number of H-pyrrole nitrogens is 1. The maximum atomic E-state index is 12.8. The molecule has 4 rings (SSSR count). The SMILES string of the molecule is Cc1[nH]ccc1C(=O)N1C[C@@H]2CN(C)[C@@H](c3ccccc3)[C@H]2C1. The second-order valence-corrected chi connectivity index (χ2v) is 6.95. The van der Waals surface area contributed by atoms with Gasteiger partial charge in [0.1, 0.15) is 0 Å². The van der Waals surface area contributed by atoms with Crippen molar-refractivity contribution in [2.75, 3.05) is 26.7 Å². The molecule has 0 spiro atoms. The molecule has 120 valence electrons. The Balaban J connectivity index is 1.56. The van der Waals surface area contributed by atoms with Crippen molar-refractivity contribution in [3.63, 3.8) is 0 Å². The fraction of sp³-hybridized carbons (Fsp3) is 0.421. The molecule has 1 N–H and O–H groups in total. The zero-order valence-electron chi connectivity index (χ0n) is 13.7. The van der Waals surface area contributed by atoms with Crippen LogP contribution >= 0.6 is 0 Å². The van der Waals surface area contributed by atoms with Crippen molar-refractivity contribution < 1.29 is 4.79 Å². The van der Waals surface area contributed by atoms with Crippen LogP contribution in [-0.4, -0.2) is 47.4 Å². The van der Waals surface area contributed by atoms with E-state index in [2.05, 4.69) is 52.2 Å². The molecular weight excluding hydrogens is 286 g/mol. The molecule has 4 nitrogen and oxygen atoms in total. The fourth-order valence-corrected chi connectivity index (χ4v) is 4.43. The first-order valence-corrected chi connectivity index (χ1v) is 8.33. The number of fused-ring (bicyclic) bond motifs is 1. The number of nitrogens with one attached hydrogen (secondary N) is 1. The van der Waals surface area contributed by atoms with E-state index < -0.39 is 0 Å². The number of benzene rings is 1. The van der Waals surface area contributed by atoms with Crippen molar-refractivity contribution >= 4 is 5.91 Å². The predicted octanol–water partition coefficient (Wildman–Crippen LogP) is 2.70. The highest BCUT2D eigenvalue weighted by Crippen LogP contribution is 2.44. The van der Waals surface area contributed by atoms with Gasteiger partial charge in [-0.3, -0.25) is 9.69 Å². The van der Waals surface area contributed by atoms with Crippen molar-refractivity contribution in [2.45, 2.75) is 13.0 Å². The van der Waals surface area contributed by atoms with Gasteiger partial charge in [-0.25, -0.2) is 0 Å². The van der Waals surface area contributed by atoms with Crippen LogP contribution in [0.5, 0.6) is 0 Å². The molecule has 4 heteroatoms. The maximum Gasteiger partial charge on any atom is 0.255 e. The number of carbonyl (C=O) groups excluding carboxylic acids is 1. The molecule has 0 saturated carbocycles. The Morgan fingerprint density at radius 1 is 1.13 bits per heavy atom. The molecule has 3 heterocycles. The summed E-state index contributed by atoms with van der Waals surface area (Å²) in [6.07, 6.45) is 1.85. The van der Waals surface area contributed by atoms with Crippen LogP contribution in [0.25, 0.3) is 0 Å². The normalized spacial score (nSPS) is 27.4. The van der Waals surface area contributed by atoms with Crippen LogP contribution in [0.2, 0.25) is 0 Å². The highest BCUT2D eigenvalue weighted by molar-refractivity contribution is 5.95. The van der Waals surface area contributed by atoms with E-state index in [9.17, 15) is 4.79 Å². The first-order chi connectivity index (χ1) is 11.1. The van der Waals surface area contributed by atoms with Gasteiger partial charge in [0.05, 0.1) is 5.56 Å². The van der Waals surface area contributed by atoms with Gasteiger partial charge in [-0.15, -0.1) is 0 Å². The van der Waals surface area contributed by atoms with E-state index in [1.165, 1.54) is 5.56 Å². The van der Waals surface area contributed by atoms with E-state index in [0.717, 1.165) is 30.9 Å². The third kappa shape index (κ3) is 2.38. The Kier molecular flexibility index (Phi) is 3.49. The smallest absolute Gasteiger partial charge is 0.255 e. The summed E-state index contributed by atoms with van der Waals surface area (Å²) in [5, 5.41) is 0. The van der Waals surface area contributed by atoms with Crippen molar-refractivity contribution in [3.8, 4) is 0 Å². The van der Waals surface area contributed by atoms with Crippen molar-refractivity contribution in [2.24, 2.45) is 11.8 Å². The number of likely N-dealkylation sites (tertiary alicyclic amines) is 2. The average Bonchev–Trinajstić information content (AvgIpc) is 3.21. The first-order valence-electron chi connectivity index (χ1n) is 8.33. The Morgan fingerprint density at radius 3 is 2.61 bits per heavy atom. The molecule has 1 aromatic heterocycles. The Labute approximate surface area is 137 Å². The summed E-state index contributed by atoms with van der Waals surface area (Å²) in [7, 11) is 2.21. The van der Waals surface area contributed by atoms with Crippen LogP contribution in [-0.2, 0) is 0 Å². The van der Waals surface area contributed by atoms with Crippen molar-refractivity contribution in [1.29, 1.82) is 0 Å². The number of nitrogens with zero attached hydrogens (tertiary/aromatic N) is 2. The minimum Gasteiger partial charge on any atom is -0.365 e. The van der Waals surface area contributed by atoms with Gasteiger partial charge in [0, 0.05) is 43.5 Å². The van der Waals surface area contributed by atoms with Crippen LogP contribution in [0.4, 0.5) is 0 Å². The summed E-state index contributed by atoms with van der Waals surface area (Å²) in [4.78, 5) is 20.4. The topological polar surface area (TPSA) is 39.3 Å². The van der Waals surface area contributed by atoms with Crippen LogP contribution in [0.15, 0.2) is 42.6 Å². The summed E-state index contributed by atoms with van der Waals surface area (Å²) >= 11 is 0. The van der Waals surface area contributed by atoms with E-state index >= 15 is 0 Å². The van der Waals surface area contributed by atoms with Gasteiger partial charge in [0.25, 0.3) is 5.91 Å². The van der Waals surface area contributed by atoms with Gasteiger partial charge in [0.15, 0.2) is 0 Å². The first kappa shape index (κ1) is 14.5. The molecule has 2 aliphatic rings. The standard InChI is InChI=1S/C19H23N3O/c1-13-16(8-9-20-13)19(23)22-11-15-10-21(2)18(17(15)12-22)14-6-4-3-5-7-14/h3-9,15,17-18,20H,10-12H2,1-2H3/t15-,17-,18-/m0/s1. The number of aromatic nitrogens is 1. The summed E-state index contributed by atoms with van der Waals surface area (Å²) in [6, 6.07) is 13.0. The van der Waals surface area contributed by atoms with Crippen LogP contribution in [0, 0.1) is 18.8 Å². The molecule has 3 atom stereocenters. The number of aromatic amines is 1. The highest BCUT2D eigenvalue weighted by Gasteiger charge is 2.47. The van der Waals surface area contributed by atoms with E-state index in [1.54, 1.807) is 0 Å². The zero-order valence-corrected chi connectivity index (χ0v) is 13.7. The summed E-state index contributed by atoms with van der Waals surface area (Å²) in [6.45, 7) is 4.77. The van der Waals surface area contributed by atoms with Gasteiger partial charge in [-0.1, -0.05) is 30.3 Å². The zero-order chi connectivity index (χ0) is 16.0. The lowest BCUT2D eigenvalue weighted by Crippen LogP contribution is -2.33. The van der Waals surface area contributed by atoms with E-state index in [0.29, 0.717) is 17.9 Å². The van der Waals surface area contributed by atoms with Gasteiger partial charge >= 0.3 is 0 Å². The van der Waals surface area contributed by atoms with Gasteiger partial charge in [-0.05, 0) is 31.5 Å². The Bertz CT molecular complexity index is 708. The van der Waals surface area contributed by atoms with Crippen LogP contribution in [0.1, 0.15) is 27.7 Å². The predicted molar refractivity (Wildman–Crippen MR) is 90.2 cm³/mol. The molecule has 0 aliphatic carbocycles. The molecule has 23 heavy (non-hydrogen) atoms. The van der Waals surface area contributed by atoms with Gasteiger partial charge < -0.3 is 9.88 Å². The van der Waals surface area contributed by atoms with Crippen molar-refractivity contribution in [1.82, 2.24) is 14.8 Å². The van der Waals surface area contributed by atoms with Gasteiger partial charge in [0.2, 0.25) is 0 Å². The molecule has 1 amide bonds. The average molecular weight is 309 g/mol.